The number of ether oxygens (including phenoxy) is 3. The maximum Gasteiger partial charge on any atom is 0.414 e. The van der Waals surface area contributed by atoms with Gasteiger partial charge in [-0.15, -0.1) is 0 Å². The van der Waals surface area contributed by atoms with Gasteiger partial charge in [-0.3, -0.25) is 9.69 Å². The van der Waals surface area contributed by atoms with Crippen LogP contribution in [0.2, 0.25) is 0 Å². The Labute approximate surface area is 193 Å². The Hall–Kier alpha value is -3.61. The molecule has 0 spiro atoms. The van der Waals surface area contributed by atoms with E-state index in [0.29, 0.717) is 31.4 Å². The zero-order chi connectivity index (χ0) is 23.6. The third-order valence-corrected chi connectivity index (χ3v) is 5.42. The normalized spacial score (nSPS) is 16.1. The van der Waals surface area contributed by atoms with Crippen LogP contribution in [0.4, 0.5) is 4.79 Å². The average molecular weight is 452 g/mol. The smallest absolute Gasteiger partial charge is 0.414 e. The first-order valence-corrected chi connectivity index (χ1v) is 11.1. The molecule has 1 atom stereocenters. The Kier molecular flexibility index (Phi) is 8.63. The number of cyclic esters (lactones) is 1. The molecule has 0 aliphatic carbocycles. The minimum atomic E-state index is -0.623. The number of methoxy groups -OCH3 is 1. The van der Waals surface area contributed by atoms with Crippen molar-refractivity contribution >= 4 is 23.6 Å². The Balaban J connectivity index is 2.01. The van der Waals surface area contributed by atoms with Gasteiger partial charge in [0.15, 0.2) is 0 Å². The maximum absolute atomic E-state index is 13.0. The van der Waals surface area contributed by atoms with Crippen LogP contribution in [0.3, 0.4) is 0 Å². The van der Waals surface area contributed by atoms with Gasteiger partial charge >= 0.3 is 18.0 Å². The lowest BCUT2D eigenvalue weighted by molar-refractivity contribution is -0.143. The van der Waals surface area contributed by atoms with Crippen molar-refractivity contribution in [3.63, 3.8) is 0 Å². The highest BCUT2D eigenvalue weighted by Crippen LogP contribution is 2.32. The Morgan fingerprint density at radius 2 is 1.70 bits per heavy atom. The molecule has 1 saturated heterocycles. The Bertz CT molecular complexity index is 986. The molecule has 1 amide bonds. The minimum Gasteiger partial charge on any atom is -0.466 e. The number of amides is 1. The fraction of sp³-hybridized carbons (Fsp3) is 0.346. The van der Waals surface area contributed by atoms with E-state index in [-0.39, 0.29) is 30.7 Å². The maximum atomic E-state index is 13.0. The molecule has 3 rings (SSSR count). The summed E-state index contributed by atoms with van der Waals surface area (Å²) < 4.78 is 15.5. The van der Waals surface area contributed by atoms with Crippen LogP contribution in [-0.2, 0) is 30.2 Å². The molecule has 0 aromatic heterocycles. The first-order valence-electron chi connectivity index (χ1n) is 11.1. The first-order chi connectivity index (χ1) is 16.0. The van der Waals surface area contributed by atoms with Crippen LogP contribution in [0.25, 0.3) is 5.57 Å². The van der Waals surface area contributed by atoms with Crippen LogP contribution < -0.4 is 0 Å². The van der Waals surface area contributed by atoms with E-state index in [1.54, 1.807) is 6.92 Å². The number of allylic oxidation sites excluding steroid dienone is 1. The third-order valence-electron chi connectivity index (χ3n) is 5.42. The number of carbonyl (C=O) groups is 3. The largest absolute Gasteiger partial charge is 0.466 e. The lowest BCUT2D eigenvalue weighted by atomic mass is 9.96. The van der Waals surface area contributed by atoms with Crippen LogP contribution in [0, 0.1) is 0 Å². The molecule has 2 aromatic rings. The van der Waals surface area contributed by atoms with Crippen LogP contribution in [0.5, 0.6) is 0 Å². The van der Waals surface area contributed by atoms with E-state index in [1.807, 2.05) is 60.7 Å². The summed E-state index contributed by atoms with van der Waals surface area (Å²) in [5.41, 5.74) is 2.58. The SMILES string of the molecule is CCOC(=O)CCC/C(=C(\C(=O)OC)N1C(=O)OC[C@H]1Cc1ccccc1)c1ccccc1. The van der Waals surface area contributed by atoms with E-state index in [0.717, 1.165) is 11.1 Å². The van der Waals surface area contributed by atoms with Gasteiger partial charge < -0.3 is 14.2 Å². The zero-order valence-corrected chi connectivity index (χ0v) is 19.0. The van der Waals surface area contributed by atoms with Gasteiger partial charge in [-0.2, -0.15) is 0 Å². The molecule has 1 heterocycles. The predicted octanol–water partition coefficient (Wildman–Crippen LogP) is 4.37. The summed E-state index contributed by atoms with van der Waals surface area (Å²) in [7, 11) is 1.29. The van der Waals surface area contributed by atoms with E-state index in [4.69, 9.17) is 14.2 Å². The molecule has 0 saturated carbocycles. The first kappa shape index (κ1) is 24.0. The molecule has 7 nitrogen and oxygen atoms in total. The number of carbonyl (C=O) groups excluding carboxylic acids is 3. The summed E-state index contributed by atoms with van der Waals surface area (Å²) in [5, 5.41) is 0. The van der Waals surface area contributed by atoms with Gasteiger partial charge in [0.1, 0.15) is 12.3 Å². The standard InChI is InChI=1S/C26H29NO6/c1-3-32-23(28)16-10-15-22(20-13-8-5-9-14-20)24(25(29)31-2)27-21(18-33-26(27)30)17-19-11-6-4-7-12-19/h4-9,11-14,21H,3,10,15-18H2,1-2H3/b24-22-/t21-/m1/s1. The summed E-state index contributed by atoms with van der Waals surface area (Å²) >= 11 is 0. The monoisotopic (exact) mass is 451 g/mol. The van der Waals surface area contributed by atoms with Gasteiger partial charge in [0, 0.05) is 6.42 Å². The van der Waals surface area contributed by atoms with Crippen LogP contribution >= 0.6 is 0 Å². The molecule has 33 heavy (non-hydrogen) atoms. The van der Waals surface area contributed by atoms with Crippen molar-refractivity contribution in [2.75, 3.05) is 20.3 Å². The second-order valence-electron chi connectivity index (χ2n) is 7.63. The Morgan fingerprint density at radius 1 is 1.03 bits per heavy atom. The number of hydrogen-bond acceptors (Lipinski definition) is 6. The second kappa shape index (κ2) is 11.9. The average Bonchev–Trinajstić information content (AvgIpc) is 3.19. The molecule has 0 unspecified atom stereocenters. The summed E-state index contributed by atoms with van der Waals surface area (Å²) in [6, 6.07) is 18.7. The number of hydrogen-bond donors (Lipinski definition) is 0. The van der Waals surface area contributed by atoms with E-state index in [9.17, 15) is 14.4 Å². The van der Waals surface area contributed by atoms with Crippen LogP contribution in [0.1, 0.15) is 37.3 Å². The van der Waals surface area contributed by atoms with Crippen molar-refractivity contribution in [2.45, 2.75) is 38.6 Å². The highest BCUT2D eigenvalue weighted by atomic mass is 16.6. The van der Waals surface area contributed by atoms with E-state index >= 15 is 0 Å². The molecule has 0 N–H and O–H groups in total. The van der Waals surface area contributed by atoms with Crippen LogP contribution in [-0.4, -0.2) is 49.3 Å². The van der Waals surface area contributed by atoms with Gasteiger partial charge in [-0.05, 0) is 42.9 Å². The topological polar surface area (TPSA) is 82.1 Å². The number of rotatable bonds is 10. The fourth-order valence-corrected chi connectivity index (χ4v) is 3.92. The molecule has 174 valence electrons. The lowest BCUT2D eigenvalue weighted by Crippen LogP contribution is -2.38. The zero-order valence-electron chi connectivity index (χ0n) is 19.0. The van der Waals surface area contributed by atoms with Crippen molar-refractivity contribution in [3.05, 3.63) is 77.5 Å². The predicted molar refractivity (Wildman–Crippen MR) is 123 cm³/mol. The summed E-state index contributed by atoms with van der Waals surface area (Å²) in [6.07, 6.45) is 0.981. The second-order valence-corrected chi connectivity index (χ2v) is 7.63. The molecule has 1 aliphatic rings. The third kappa shape index (κ3) is 6.22. The molecule has 7 heteroatoms. The molecule has 0 radical (unpaired) electrons. The molecular weight excluding hydrogens is 422 g/mol. The van der Waals surface area contributed by atoms with Crippen molar-refractivity contribution < 1.29 is 28.6 Å². The van der Waals surface area contributed by atoms with E-state index < -0.39 is 12.1 Å². The van der Waals surface area contributed by atoms with Crippen LogP contribution in [0.15, 0.2) is 66.4 Å². The Morgan fingerprint density at radius 3 is 2.33 bits per heavy atom. The van der Waals surface area contributed by atoms with Gasteiger partial charge in [0.05, 0.1) is 19.8 Å². The lowest BCUT2D eigenvalue weighted by Gasteiger charge is -2.26. The number of esters is 2. The molecule has 1 fully saturated rings. The van der Waals surface area contributed by atoms with Crippen molar-refractivity contribution in [3.8, 4) is 0 Å². The highest BCUT2D eigenvalue weighted by Gasteiger charge is 2.40. The molecule has 0 bridgehead atoms. The molecule has 2 aromatic carbocycles. The van der Waals surface area contributed by atoms with E-state index in [1.165, 1.54) is 12.0 Å². The number of nitrogens with zero attached hydrogens (tertiary/aromatic N) is 1. The summed E-state index contributed by atoms with van der Waals surface area (Å²) in [6.45, 7) is 2.24. The molecular formula is C26H29NO6. The van der Waals surface area contributed by atoms with Gasteiger partial charge in [-0.1, -0.05) is 60.7 Å². The van der Waals surface area contributed by atoms with Gasteiger partial charge in [0.2, 0.25) is 0 Å². The quantitative estimate of drug-likeness (QED) is 0.303. The molecule has 1 aliphatic heterocycles. The van der Waals surface area contributed by atoms with Crippen molar-refractivity contribution in [1.82, 2.24) is 4.90 Å². The van der Waals surface area contributed by atoms with Gasteiger partial charge in [0.25, 0.3) is 0 Å². The fourth-order valence-electron chi connectivity index (χ4n) is 3.92. The summed E-state index contributed by atoms with van der Waals surface area (Å²) in [5.74, 6) is -0.922. The highest BCUT2D eigenvalue weighted by molar-refractivity contribution is 6.00. The van der Waals surface area contributed by atoms with Crippen molar-refractivity contribution in [1.29, 1.82) is 0 Å². The van der Waals surface area contributed by atoms with Crippen molar-refractivity contribution in [2.24, 2.45) is 0 Å². The minimum absolute atomic E-state index is 0.149. The van der Waals surface area contributed by atoms with E-state index in [2.05, 4.69) is 0 Å². The summed E-state index contributed by atoms with van der Waals surface area (Å²) in [4.78, 5) is 39.1. The number of benzene rings is 2. The van der Waals surface area contributed by atoms with Gasteiger partial charge in [-0.25, -0.2) is 9.59 Å².